The predicted octanol–water partition coefficient (Wildman–Crippen LogP) is 5.16. The number of hydrogen-bond acceptors (Lipinski definition) is 5. The quantitative estimate of drug-likeness (QED) is 0.439. The predicted molar refractivity (Wildman–Crippen MR) is 114 cm³/mol. The molecule has 0 amide bonds. The highest BCUT2D eigenvalue weighted by Gasteiger charge is 2.31. The summed E-state index contributed by atoms with van der Waals surface area (Å²) in [6, 6.07) is 0. The van der Waals surface area contributed by atoms with Crippen molar-refractivity contribution >= 4 is 11.7 Å². The van der Waals surface area contributed by atoms with Gasteiger partial charge in [0.15, 0.2) is 11.5 Å². The number of anilines is 1. The van der Waals surface area contributed by atoms with Crippen molar-refractivity contribution in [3.8, 4) is 17.2 Å². The van der Waals surface area contributed by atoms with Gasteiger partial charge in [-0.15, -0.1) is 0 Å². The summed E-state index contributed by atoms with van der Waals surface area (Å²) in [5.41, 5.74) is 1.51. The molecule has 0 unspecified atom stereocenters. The lowest BCUT2D eigenvalue weighted by molar-refractivity contribution is 0.0695. The van der Waals surface area contributed by atoms with Gasteiger partial charge in [-0.25, -0.2) is 4.79 Å². The van der Waals surface area contributed by atoms with Crippen LogP contribution in [0.3, 0.4) is 0 Å². The molecule has 0 aliphatic carbocycles. The Morgan fingerprint density at radius 1 is 0.821 bits per heavy atom. The van der Waals surface area contributed by atoms with Gasteiger partial charge >= 0.3 is 5.97 Å². The van der Waals surface area contributed by atoms with E-state index in [1.807, 2.05) is 18.7 Å². The molecule has 0 fully saturated rings. The molecule has 0 bridgehead atoms. The maximum absolute atomic E-state index is 12.3. The summed E-state index contributed by atoms with van der Waals surface area (Å²) in [7, 11) is 4.63. The molecule has 6 nitrogen and oxygen atoms in total. The summed E-state index contributed by atoms with van der Waals surface area (Å²) in [6.45, 7) is 7.53. The van der Waals surface area contributed by atoms with Gasteiger partial charge in [-0.05, 0) is 26.7 Å². The van der Waals surface area contributed by atoms with E-state index in [2.05, 4.69) is 6.92 Å². The topological polar surface area (TPSA) is 68.2 Å². The van der Waals surface area contributed by atoms with Crippen LogP contribution in [0.1, 0.15) is 75.2 Å². The number of benzene rings is 1. The number of hydrogen-bond donors (Lipinski definition) is 1. The van der Waals surface area contributed by atoms with Crippen molar-refractivity contribution in [1.29, 1.82) is 0 Å². The van der Waals surface area contributed by atoms with Crippen molar-refractivity contribution in [2.75, 3.05) is 39.3 Å². The van der Waals surface area contributed by atoms with Gasteiger partial charge in [0.25, 0.3) is 0 Å². The number of aromatic carboxylic acids is 1. The number of ether oxygens (including phenoxy) is 3. The Bertz CT molecular complexity index is 626. The second-order valence-corrected chi connectivity index (χ2v) is 6.80. The fourth-order valence-corrected chi connectivity index (χ4v) is 3.70. The standard InChI is InChI=1S/C22H37NO5/c1-7-10-11-12-13-14-15-16-17(22(24)25)18(23(8-2)9-3)20(27-5)21(28-6)19(16)26-4/h7-15H2,1-6H3,(H,24,25). The molecule has 1 N–H and O–H groups in total. The minimum atomic E-state index is -0.970. The van der Waals surface area contributed by atoms with Crippen LogP contribution in [0, 0.1) is 0 Å². The number of carbonyl (C=O) groups is 1. The Morgan fingerprint density at radius 3 is 1.82 bits per heavy atom. The zero-order valence-electron chi connectivity index (χ0n) is 18.4. The number of carboxylic acids is 1. The second-order valence-electron chi connectivity index (χ2n) is 6.80. The Kier molecular flexibility index (Phi) is 10.6. The molecule has 160 valence electrons. The van der Waals surface area contributed by atoms with E-state index in [-0.39, 0.29) is 5.56 Å². The van der Waals surface area contributed by atoms with Crippen LogP contribution in [0.4, 0.5) is 5.69 Å². The van der Waals surface area contributed by atoms with Gasteiger partial charge in [-0.3, -0.25) is 0 Å². The molecule has 0 aliphatic heterocycles. The van der Waals surface area contributed by atoms with Gasteiger partial charge in [0.1, 0.15) is 0 Å². The highest BCUT2D eigenvalue weighted by molar-refractivity contribution is 6.00. The van der Waals surface area contributed by atoms with Gasteiger partial charge in [0, 0.05) is 18.7 Å². The van der Waals surface area contributed by atoms with E-state index in [0.29, 0.717) is 48.0 Å². The molecule has 0 aromatic heterocycles. The van der Waals surface area contributed by atoms with Crippen LogP contribution in [-0.4, -0.2) is 45.5 Å². The smallest absolute Gasteiger partial charge is 0.338 e. The van der Waals surface area contributed by atoms with Gasteiger partial charge < -0.3 is 24.2 Å². The van der Waals surface area contributed by atoms with Crippen LogP contribution >= 0.6 is 0 Å². The lowest BCUT2D eigenvalue weighted by Crippen LogP contribution is -2.26. The first-order valence-electron chi connectivity index (χ1n) is 10.3. The van der Waals surface area contributed by atoms with E-state index >= 15 is 0 Å². The lowest BCUT2D eigenvalue weighted by atomic mass is 9.95. The highest BCUT2D eigenvalue weighted by Crippen LogP contribution is 2.50. The molecule has 0 spiro atoms. The third-order valence-corrected chi connectivity index (χ3v) is 5.13. The number of nitrogens with zero attached hydrogens (tertiary/aromatic N) is 1. The molecular weight excluding hydrogens is 358 g/mol. The molecule has 1 aromatic rings. The van der Waals surface area contributed by atoms with Crippen LogP contribution < -0.4 is 19.1 Å². The van der Waals surface area contributed by atoms with Gasteiger partial charge in [0.05, 0.1) is 32.6 Å². The van der Waals surface area contributed by atoms with Crippen molar-refractivity contribution in [2.24, 2.45) is 0 Å². The molecule has 1 rings (SSSR count). The summed E-state index contributed by atoms with van der Waals surface area (Å²) in [5.74, 6) is 0.355. The monoisotopic (exact) mass is 395 g/mol. The largest absolute Gasteiger partial charge is 0.492 e. The first-order valence-corrected chi connectivity index (χ1v) is 10.3. The van der Waals surface area contributed by atoms with Crippen molar-refractivity contribution < 1.29 is 24.1 Å². The van der Waals surface area contributed by atoms with Crippen LogP contribution in [0.15, 0.2) is 0 Å². The third-order valence-electron chi connectivity index (χ3n) is 5.13. The minimum Gasteiger partial charge on any atom is -0.492 e. The molecule has 0 aliphatic rings. The van der Waals surface area contributed by atoms with Crippen molar-refractivity contribution in [3.05, 3.63) is 11.1 Å². The second kappa shape index (κ2) is 12.4. The molecule has 1 aromatic carbocycles. The summed E-state index contributed by atoms with van der Waals surface area (Å²) in [5, 5.41) is 10.1. The van der Waals surface area contributed by atoms with E-state index < -0.39 is 5.97 Å². The molecular formula is C22H37NO5. The fraction of sp³-hybridized carbons (Fsp3) is 0.682. The Labute approximate surface area is 169 Å². The van der Waals surface area contributed by atoms with E-state index in [9.17, 15) is 9.90 Å². The lowest BCUT2D eigenvalue weighted by Gasteiger charge is -2.29. The average Bonchev–Trinajstić information content (AvgIpc) is 2.70. The van der Waals surface area contributed by atoms with Crippen molar-refractivity contribution in [3.63, 3.8) is 0 Å². The normalized spacial score (nSPS) is 10.6. The number of carboxylic acid groups (broad SMARTS) is 1. The van der Waals surface area contributed by atoms with Crippen LogP contribution in [0.5, 0.6) is 17.2 Å². The van der Waals surface area contributed by atoms with Crippen LogP contribution in [0.2, 0.25) is 0 Å². The average molecular weight is 396 g/mol. The van der Waals surface area contributed by atoms with Crippen LogP contribution in [0.25, 0.3) is 0 Å². The number of rotatable bonds is 14. The van der Waals surface area contributed by atoms with Crippen LogP contribution in [-0.2, 0) is 6.42 Å². The SMILES string of the molecule is CCCCCCCCc1c(OC)c(OC)c(OC)c(N(CC)CC)c1C(=O)O. The van der Waals surface area contributed by atoms with E-state index in [1.54, 1.807) is 14.2 Å². The molecule has 28 heavy (non-hydrogen) atoms. The fourth-order valence-electron chi connectivity index (χ4n) is 3.70. The number of methoxy groups -OCH3 is 3. The minimum absolute atomic E-state index is 0.256. The summed E-state index contributed by atoms with van der Waals surface area (Å²) in [4.78, 5) is 14.3. The highest BCUT2D eigenvalue weighted by atomic mass is 16.5. The number of unbranched alkanes of at least 4 members (excludes halogenated alkanes) is 5. The molecule has 0 heterocycles. The summed E-state index contributed by atoms with van der Waals surface area (Å²) >= 11 is 0. The van der Waals surface area contributed by atoms with E-state index in [1.165, 1.54) is 26.4 Å². The maximum atomic E-state index is 12.3. The Hall–Kier alpha value is -2.11. The Morgan fingerprint density at radius 2 is 1.36 bits per heavy atom. The molecule has 0 atom stereocenters. The van der Waals surface area contributed by atoms with Gasteiger partial charge in [0.2, 0.25) is 5.75 Å². The molecule has 6 heteroatoms. The van der Waals surface area contributed by atoms with Gasteiger partial charge in [-0.2, -0.15) is 0 Å². The van der Waals surface area contributed by atoms with E-state index in [4.69, 9.17) is 14.2 Å². The maximum Gasteiger partial charge on any atom is 0.338 e. The Balaban J connectivity index is 3.48. The summed E-state index contributed by atoms with van der Waals surface area (Å²) < 4.78 is 16.8. The summed E-state index contributed by atoms with van der Waals surface area (Å²) in [6.07, 6.45) is 7.44. The van der Waals surface area contributed by atoms with E-state index in [0.717, 1.165) is 19.3 Å². The first kappa shape index (κ1) is 23.9. The third kappa shape index (κ3) is 5.46. The molecule has 0 saturated carbocycles. The van der Waals surface area contributed by atoms with Crippen molar-refractivity contribution in [1.82, 2.24) is 0 Å². The first-order chi connectivity index (χ1) is 13.5. The zero-order chi connectivity index (χ0) is 21.1. The zero-order valence-corrected chi connectivity index (χ0v) is 18.4. The molecule has 0 radical (unpaired) electrons. The van der Waals surface area contributed by atoms with Crippen molar-refractivity contribution in [2.45, 2.75) is 65.7 Å². The molecule has 0 saturated heterocycles. The van der Waals surface area contributed by atoms with Gasteiger partial charge in [-0.1, -0.05) is 39.0 Å².